The summed E-state index contributed by atoms with van der Waals surface area (Å²) in [6, 6.07) is 0. The van der Waals surface area contributed by atoms with Gasteiger partial charge in [-0.05, 0) is 45.3 Å². The van der Waals surface area contributed by atoms with Crippen LogP contribution in [0, 0.1) is 0 Å². The summed E-state index contributed by atoms with van der Waals surface area (Å²) in [6.07, 6.45) is 55.0. The van der Waals surface area contributed by atoms with Gasteiger partial charge in [0.15, 0.2) is 0 Å². The molecule has 0 rings (SSSR count). The Bertz CT molecular complexity index is 568. The molecule has 0 aliphatic heterocycles. The highest BCUT2D eigenvalue weighted by Crippen LogP contribution is 2.17. The molecular formula is C46H93NO2. The largest absolute Gasteiger partial charge is 0.481 e. The van der Waals surface area contributed by atoms with Gasteiger partial charge in [0.2, 0.25) is 0 Å². The van der Waals surface area contributed by atoms with Crippen molar-refractivity contribution < 1.29 is 9.90 Å². The van der Waals surface area contributed by atoms with Gasteiger partial charge in [0.1, 0.15) is 0 Å². The highest BCUT2D eigenvalue weighted by Gasteiger charge is 2.06. The zero-order valence-electron chi connectivity index (χ0n) is 34.2. The first-order valence-electron chi connectivity index (χ1n) is 23.1. The summed E-state index contributed by atoms with van der Waals surface area (Å²) < 4.78 is 0. The minimum atomic E-state index is -0.644. The quantitative estimate of drug-likeness (QED) is 0.0647. The molecule has 1 N–H and O–H groups in total. The standard InChI is InChI=1S/C46H93NO2/c1-3-5-7-9-11-13-15-17-19-21-23-25-27-29-31-33-35-39-43-47(45-41-37-38-42-46(48)49)44-40-36-34-32-30-28-26-24-22-20-18-16-14-12-10-8-6-4-2/h3-45H2,1-2H3,(H,48,49). The maximum absolute atomic E-state index is 10.9. The zero-order valence-corrected chi connectivity index (χ0v) is 34.2. The van der Waals surface area contributed by atoms with Crippen LogP contribution in [0.15, 0.2) is 0 Å². The second-order valence-corrected chi connectivity index (χ2v) is 16.1. The van der Waals surface area contributed by atoms with Gasteiger partial charge in [-0.25, -0.2) is 0 Å². The van der Waals surface area contributed by atoms with Gasteiger partial charge in [-0.2, -0.15) is 0 Å². The predicted octanol–water partition coefficient (Wildman–Crippen LogP) is 16.0. The van der Waals surface area contributed by atoms with E-state index in [9.17, 15) is 4.79 Å². The van der Waals surface area contributed by atoms with Gasteiger partial charge in [-0.1, -0.05) is 239 Å². The highest BCUT2D eigenvalue weighted by molar-refractivity contribution is 5.66. The highest BCUT2D eigenvalue weighted by atomic mass is 16.4. The van der Waals surface area contributed by atoms with E-state index in [-0.39, 0.29) is 0 Å². The van der Waals surface area contributed by atoms with E-state index >= 15 is 0 Å². The van der Waals surface area contributed by atoms with E-state index in [2.05, 4.69) is 18.7 Å². The normalized spacial score (nSPS) is 11.7. The van der Waals surface area contributed by atoms with Crippen molar-refractivity contribution in [3.05, 3.63) is 0 Å². The molecule has 294 valence electrons. The van der Waals surface area contributed by atoms with E-state index in [0.717, 1.165) is 25.8 Å². The monoisotopic (exact) mass is 692 g/mol. The molecule has 0 fully saturated rings. The van der Waals surface area contributed by atoms with Crippen molar-refractivity contribution in [3.8, 4) is 0 Å². The lowest BCUT2D eigenvalue weighted by Gasteiger charge is -2.22. The first-order chi connectivity index (χ1) is 24.2. The molecule has 0 atom stereocenters. The summed E-state index contributed by atoms with van der Waals surface area (Å²) in [5.41, 5.74) is 0. The van der Waals surface area contributed by atoms with Crippen LogP contribution in [0.2, 0.25) is 0 Å². The molecule has 0 radical (unpaired) electrons. The molecule has 0 saturated heterocycles. The molecule has 0 saturated carbocycles. The zero-order chi connectivity index (χ0) is 35.6. The predicted molar refractivity (Wildman–Crippen MR) is 220 cm³/mol. The Labute approximate surface area is 310 Å². The number of hydrogen-bond donors (Lipinski definition) is 1. The van der Waals surface area contributed by atoms with Gasteiger partial charge in [0, 0.05) is 6.42 Å². The fourth-order valence-electron chi connectivity index (χ4n) is 7.60. The van der Waals surface area contributed by atoms with Crippen LogP contribution in [0.3, 0.4) is 0 Å². The second-order valence-electron chi connectivity index (χ2n) is 16.1. The molecule has 0 spiro atoms. The Balaban J connectivity index is 3.70. The molecule has 0 unspecified atom stereocenters. The average molecular weight is 692 g/mol. The van der Waals surface area contributed by atoms with Crippen LogP contribution in [0.4, 0.5) is 0 Å². The summed E-state index contributed by atoms with van der Waals surface area (Å²) in [5, 5.41) is 8.95. The Morgan fingerprint density at radius 3 is 0.694 bits per heavy atom. The number of carboxylic acids is 1. The van der Waals surface area contributed by atoms with Gasteiger partial charge < -0.3 is 10.0 Å². The summed E-state index contributed by atoms with van der Waals surface area (Å²) in [5.74, 6) is -0.644. The van der Waals surface area contributed by atoms with Crippen molar-refractivity contribution in [1.82, 2.24) is 4.90 Å². The summed E-state index contributed by atoms with van der Waals surface area (Å²) >= 11 is 0. The van der Waals surface area contributed by atoms with Gasteiger partial charge in [-0.3, -0.25) is 4.79 Å². The van der Waals surface area contributed by atoms with Crippen molar-refractivity contribution in [3.63, 3.8) is 0 Å². The number of hydrogen-bond acceptors (Lipinski definition) is 2. The van der Waals surface area contributed by atoms with Crippen LogP contribution in [-0.4, -0.2) is 35.6 Å². The molecule has 3 heteroatoms. The number of nitrogens with zero attached hydrogens (tertiary/aromatic N) is 1. The minimum Gasteiger partial charge on any atom is -0.481 e. The smallest absolute Gasteiger partial charge is 0.303 e. The molecule has 3 nitrogen and oxygen atoms in total. The molecule has 0 bridgehead atoms. The van der Waals surface area contributed by atoms with Crippen molar-refractivity contribution in [1.29, 1.82) is 0 Å². The Kier molecular flexibility index (Phi) is 43.1. The van der Waals surface area contributed by atoms with E-state index in [0.29, 0.717) is 6.42 Å². The Morgan fingerprint density at radius 1 is 0.306 bits per heavy atom. The Morgan fingerprint density at radius 2 is 0.490 bits per heavy atom. The van der Waals surface area contributed by atoms with E-state index in [4.69, 9.17) is 5.11 Å². The van der Waals surface area contributed by atoms with Gasteiger partial charge in [0.05, 0.1) is 0 Å². The maximum atomic E-state index is 10.9. The van der Waals surface area contributed by atoms with Gasteiger partial charge in [0.25, 0.3) is 0 Å². The van der Waals surface area contributed by atoms with E-state index in [1.54, 1.807) is 0 Å². The molecule has 0 amide bonds. The molecule has 0 aliphatic rings. The summed E-state index contributed by atoms with van der Waals surface area (Å²) in [7, 11) is 0. The van der Waals surface area contributed by atoms with Crippen molar-refractivity contribution in [2.24, 2.45) is 0 Å². The molecule has 0 aromatic heterocycles. The van der Waals surface area contributed by atoms with Crippen LogP contribution >= 0.6 is 0 Å². The van der Waals surface area contributed by atoms with Crippen molar-refractivity contribution in [2.45, 2.75) is 271 Å². The lowest BCUT2D eigenvalue weighted by Crippen LogP contribution is -2.27. The van der Waals surface area contributed by atoms with E-state index in [1.165, 1.54) is 244 Å². The summed E-state index contributed by atoms with van der Waals surface area (Å²) in [6.45, 7) is 8.26. The fourth-order valence-corrected chi connectivity index (χ4v) is 7.60. The molecule has 49 heavy (non-hydrogen) atoms. The topological polar surface area (TPSA) is 40.5 Å². The molecule has 0 aliphatic carbocycles. The minimum absolute atomic E-state index is 0.332. The molecule has 0 heterocycles. The van der Waals surface area contributed by atoms with Crippen LogP contribution in [0.1, 0.15) is 271 Å². The average Bonchev–Trinajstić information content (AvgIpc) is 3.09. The second kappa shape index (κ2) is 43.6. The number of carboxylic acid groups (broad SMARTS) is 1. The van der Waals surface area contributed by atoms with Crippen LogP contribution < -0.4 is 0 Å². The van der Waals surface area contributed by atoms with E-state index < -0.39 is 5.97 Å². The number of carbonyl (C=O) groups is 1. The fraction of sp³-hybridized carbons (Fsp3) is 0.978. The van der Waals surface area contributed by atoms with Crippen molar-refractivity contribution >= 4 is 5.97 Å². The molecule has 0 aromatic carbocycles. The first-order valence-corrected chi connectivity index (χ1v) is 23.1. The third-order valence-electron chi connectivity index (χ3n) is 11.0. The maximum Gasteiger partial charge on any atom is 0.303 e. The lowest BCUT2D eigenvalue weighted by molar-refractivity contribution is -0.137. The van der Waals surface area contributed by atoms with Crippen LogP contribution in [0.25, 0.3) is 0 Å². The number of aliphatic carboxylic acids is 1. The molecule has 0 aromatic rings. The van der Waals surface area contributed by atoms with Gasteiger partial charge >= 0.3 is 5.97 Å². The lowest BCUT2D eigenvalue weighted by atomic mass is 10.0. The Hall–Kier alpha value is -0.570. The van der Waals surface area contributed by atoms with Crippen LogP contribution in [-0.2, 0) is 4.79 Å². The number of rotatable bonds is 44. The third-order valence-corrected chi connectivity index (χ3v) is 11.0. The van der Waals surface area contributed by atoms with E-state index in [1.807, 2.05) is 0 Å². The first kappa shape index (κ1) is 48.4. The SMILES string of the molecule is CCCCCCCCCCCCCCCCCCCCN(CCCCCCCCCCCCCCCCCCCC)CCCCCC(=O)O. The summed E-state index contributed by atoms with van der Waals surface area (Å²) in [4.78, 5) is 13.6. The molecular weight excluding hydrogens is 599 g/mol. The number of unbranched alkanes of at least 4 members (excludes halogenated alkanes) is 36. The van der Waals surface area contributed by atoms with Crippen molar-refractivity contribution in [2.75, 3.05) is 19.6 Å². The van der Waals surface area contributed by atoms with Gasteiger partial charge in [-0.15, -0.1) is 0 Å². The third kappa shape index (κ3) is 43.5. The van der Waals surface area contributed by atoms with Crippen LogP contribution in [0.5, 0.6) is 0 Å².